The summed E-state index contributed by atoms with van der Waals surface area (Å²) in [5.74, 6) is -1.52. The van der Waals surface area contributed by atoms with Crippen molar-refractivity contribution in [3.8, 4) is 0 Å². The predicted octanol–water partition coefficient (Wildman–Crippen LogP) is 6.69. The summed E-state index contributed by atoms with van der Waals surface area (Å²) < 4.78 is 0.504. The number of amides is 4. The molecule has 10 nitrogen and oxygen atoms in total. The van der Waals surface area contributed by atoms with Crippen LogP contribution in [0.5, 0.6) is 0 Å². The van der Waals surface area contributed by atoms with E-state index in [2.05, 4.69) is 44.9 Å². The van der Waals surface area contributed by atoms with Gasteiger partial charge in [0.2, 0.25) is 11.8 Å². The Morgan fingerprint density at radius 3 is 1.52 bits per heavy atom. The highest BCUT2D eigenvalue weighted by Crippen LogP contribution is 2.42. The van der Waals surface area contributed by atoms with Gasteiger partial charge in [-0.15, -0.1) is 22.7 Å². The largest absolute Gasteiger partial charge is 0.302 e. The lowest BCUT2D eigenvalue weighted by Crippen LogP contribution is -2.33. The maximum atomic E-state index is 13.4. The Balaban J connectivity index is 0.983. The molecule has 50 heavy (non-hydrogen) atoms. The number of aryl methyl sites for hydroxylation is 2. The minimum Gasteiger partial charge on any atom is -0.302 e. The van der Waals surface area contributed by atoms with E-state index in [9.17, 15) is 19.2 Å². The first-order chi connectivity index (χ1) is 24.0. The van der Waals surface area contributed by atoms with Gasteiger partial charge in [0.15, 0.2) is 10.3 Å². The summed E-state index contributed by atoms with van der Waals surface area (Å²) >= 11 is 15.7. The van der Waals surface area contributed by atoms with Gasteiger partial charge in [-0.1, -0.05) is 108 Å². The van der Waals surface area contributed by atoms with Crippen LogP contribution in [0.1, 0.15) is 44.8 Å². The molecule has 2 fully saturated rings. The number of rotatable bonds is 12. The summed E-state index contributed by atoms with van der Waals surface area (Å²) in [5, 5.41) is 6.56. The fourth-order valence-electron chi connectivity index (χ4n) is 5.19. The fraction of sp³-hybridized carbons (Fsp3) is 0.235. The van der Waals surface area contributed by atoms with Crippen LogP contribution in [0.2, 0.25) is 0 Å². The van der Waals surface area contributed by atoms with E-state index in [1.807, 2.05) is 38.1 Å². The molecule has 2 aromatic carbocycles. The van der Waals surface area contributed by atoms with Crippen LogP contribution in [-0.2, 0) is 32.0 Å². The minimum absolute atomic E-state index is 0.00486. The monoisotopic (exact) mass is 778 g/mol. The highest BCUT2D eigenvalue weighted by atomic mass is 32.2. The van der Waals surface area contributed by atoms with E-state index in [-0.39, 0.29) is 56.2 Å². The molecule has 0 atom stereocenters. The van der Waals surface area contributed by atoms with Gasteiger partial charge in [0.25, 0.3) is 11.8 Å². The van der Waals surface area contributed by atoms with E-state index in [1.165, 1.54) is 54.7 Å². The number of benzene rings is 2. The van der Waals surface area contributed by atoms with Crippen LogP contribution in [-0.4, -0.2) is 65.1 Å². The van der Waals surface area contributed by atoms with E-state index >= 15 is 0 Å². The normalized spacial score (nSPS) is 16.1. The average Bonchev–Trinajstić information content (AvgIpc) is 3.82. The smallest absolute Gasteiger partial charge is 0.267 e. The summed E-state index contributed by atoms with van der Waals surface area (Å²) in [5.41, 5.74) is 4.69. The molecule has 0 radical (unpaired) electrons. The first-order valence-electron chi connectivity index (χ1n) is 15.4. The zero-order valence-electron chi connectivity index (χ0n) is 26.9. The van der Waals surface area contributed by atoms with E-state index in [1.54, 1.807) is 12.4 Å². The zero-order valence-corrected chi connectivity index (χ0v) is 31.8. The molecule has 0 bridgehead atoms. The third-order valence-electron chi connectivity index (χ3n) is 7.55. The minimum atomic E-state index is -0.453. The molecule has 4 heterocycles. The number of anilines is 2. The maximum absolute atomic E-state index is 13.4. The van der Waals surface area contributed by atoms with E-state index in [0.717, 1.165) is 33.3 Å². The molecule has 0 aliphatic carbocycles. The van der Waals surface area contributed by atoms with Crippen molar-refractivity contribution in [1.82, 2.24) is 19.8 Å². The van der Waals surface area contributed by atoms with Crippen molar-refractivity contribution in [2.75, 3.05) is 23.7 Å². The summed E-state index contributed by atoms with van der Waals surface area (Å²) in [7, 11) is 0. The van der Waals surface area contributed by atoms with Crippen LogP contribution in [0.25, 0.3) is 0 Å². The third kappa shape index (κ3) is 8.91. The number of hydrogen-bond acceptors (Lipinski definition) is 12. The summed E-state index contributed by atoms with van der Waals surface area (Å²) in [6, 6.07) is 16.4. The standard InChI is InChI=1S/C34H30N6O4S6/c1-19-5-3-7-21(13-19)15-23-17-35-31(47-23)37-25(41)9-11-39-29(43)27(49-33(39)45)28-30(44)40(34(46)50-28)12-10-26(42)38-32-36-18-24(48-32)16-22-8-4-6-20(2)14-22/h3-8,13-14,17-18H,9-12,15-16H2,1-2H3,(H,35,37,41)(H,36,38,42). The highest BCUT2D eigenvalue weighted by Gasteiger charge is 2.42. The SMILES string of the molecule is Cc1cccc(Cc2cnc(NC(=O)CCN3C(=O)C(=C4SC(=S)N(CCC(=O)Nc5ncc(Cc6cccc(C)c6)s5)C4=O)SC3=S)s2)c1. The van der Waals surface area contributed by atoms with Crippen molar-refractivity contribution < 1.29 is 19.2 Å². The number of nitrogens with zero attached hydrogens (tertiary/aromatic N) is 4. The molecule has 2 N–H and O–H groups in total. The van der Waals surface area contributed by atoms with Crippen LogP contribution in [0, 0.1) is 13.8 Å². The molecule has 4 amide bonds. The molecular formula is C34H30N6O4S6. The van der Waals surface area contributed by atoms with Crippen molar-refractivity contribution in [2.24, 2.45) is 0 Å². The highest BCUT2D eigenvalue weighted by molar-refractivity contribution is 8.29. The van der Waals surface area contributed by atoms with Crippen molar-refractivity contribution >= 4 is 113 Å². The van der Waals surface area contributed by atoms with Gasteiger partial charge in [-0.2, -0.15) is 0 Å². The van der Waals surface area contributed by atoms with E-state index in [4.69, 9.17) is 24.4 Å². The second kappa shape index (κ2) is 16.0. The van der Waals surface area contributed by atoms with Crippen LogP contribution >= 0.6 is 70.6 Å². The first-order valence-corrected chi connectivity index (χ1v) is 19.5. The number of thioether (sulfide) groups is 2. The Kier molecular flexibility index (Phi) is 11.6. The lowest BCUT2D eigenvalue weighted by molar-refractivity contribution is -0.125. The first kappa shape index (κ1) is 36.0. The molecule has 0 spiro atoms. The molecule has 2 aromatic heterocycles. The van der Waals surface area contributed by atoms with Gasteiger partial charge in [0, 0.05) is 60.9 Å². The summed E-state index contributed by atoms with van der Waals surface area (Å²) in [4.78, 5) is 65.8. The molecule has 256 valence electrons. The van der Waals surface area contributed by atoms with Crippen molar-refractivity contribution in [1.29, 1.82) is 0 Å². The second-order valence-corrected chi connectivity index (χ2v) is 17.0. The maximum Gasteiger partial charge on any atom is 0.267 e. The number of thiazole rings is 2. The van der Waals surface area contributed by atoms with Gasteiger partial charge in [0.05, 0.1) is 9.81 Å². The van der Waals surface area contributed by atoms with Gasteiger partial charge >= 0.3 is 0 Å². The fourth-order valence-corrected chi connectivity index (χ4v) is 9.68. The Labute approximate surface area is 316 Å². The molecule has 2 saturated heterocycles. The van der Waals surface area contributed by atoms with Gasteiger partial charge in [-0.05, 0) is 25.0 Å². The Morgan fingerprint density at radius 2 is 1.12 bits per heavy atom. The number of carbonyl (C=O) groups is 4. The second-order valence-electron chi connectivity index (χ2n) is 11.5. The quantitative estimate of drug-likeness (QED) is 0.119. The number of carbonyl (C=O) groups excluding carboxylic acids is 4. The van der Waals surface area contributed by atoms with Crippen LogP contribution in [0.4, 0.5) is 10.3 Å². The molecule has 2 aliphatic rings. The number of aromatic nitrogens is 2. The van der Waals surface area contributed by atoms with E-state index in [0.29, 0.717) is 23.1 Å². The number of nitrogens with one attached hydrogen (secondary N) is 2. The third-order valence-corrected chi connectivity index (χ3v) is 12.4. The molecule has 0 saturated carbocycles. The molecule has 2 aliphatic heterocycles. The molecule has 16 heteroatoms. The van der Waals surface area contributed by atoms with Gasteiger partial charge in [0.1, 0.15) is 8.64 Å². The van der Waals surface area contributed by atoms with Crippen LogP contribution in [0.3, 0.4) is 0 Å². The Morgan fingerprint density at radius 1 is 0.700 bits per heavy atom. The summed E-state index contributed by atoms with van der Waals surface area (Å²) in [6.45, 7) is 4.18. The number of hydrogen-bond donors (Lipinski definition) is 2. The zero-order chi connectivity index (χ0) is 35.4. The van der Waals surface area contributed by atoms with Gasteiger partial charge < -0.3 is 10.6 Å². The van der Waals surface area contributed by atoms with Crippen molar-refractivity contribution in [2.45, 2.75) is 39.5 Å². The average molecular weight is 779 g/mol. The van der Waals surface area contributed by atoms with E-state index < -0.39 is 11.8 Å². The summed E-state index contributed by atoms with van der Waals surface area (Å²) in [6.07, 6.45) is 4.92. The lowest BCUT2D eigenvalue weighted by Gasteiger charge is -2.14. The Hall–Kier alpha value is -3.80. The Bertz CT molecular complexity index is 1910. The molecule has 4 aromatic rings. The predicted molar refractivity (Wildman–Crippen MR) is 210 cm³/mol. The topological polar surface area (TPSA) is 125 Å². The van der Waals surface area contributed by atoms with Crippen LogP contribution in [0.15, 0.2) is 70.7 Å². The van der Waals surface area contributed by atoms with Crippen molar-refractivity contribution in [3.63, 3.8) is 0 Å². The number of thiocarbonyl (C=S) groups is 2. The van der Waals surface area contributed by atoms with Crippen LogP contribution < -0.4 is 10.6 Å². The molecular weight excluding hydrogens is 749 g/mol. The molecule has 0 unspecified atom stereocenters. The molecule has 6 rings (SSSR count). The lowest BCUT2D eigenvalue weighted by atomic mass is 10.1. The van der Waals surface area contributed by atoms with Crippen molar-refractivity contribution in [3.05, 3.63) is 103 Å². The van der Waals surface area contributed by atoms with Gasteiger partial charge in [-0.3, -0.25) is 29.0 Å². The van der Waals surface area contributed by atoms with Gasteiger partial charge in [-0.25, -0.2) is 9.97 Å².